The van der Waals surface area contributed by atoms with E-state index in [-0.39, 0.29) is 0 Å². The lowest BCUT2D eigenvalue weighted by atomic mass is 10.1. The predicted molar refractivity (Wildman–Crippen MR) is 89.1 cm³/mol. The molecule has 0 amide bonds. The van der Waals surface area contributed by atoms with Crippen molar-refractivity contribution in [1.82, 2.24) is 9.97 Å². The van der Waals surface area contributed by atoms with Crippen LogP contribution in [0.4, 0.5) is 0 Å². The third-order valence-corrected chi connectivity index (χ3v) is 3.42. The average molecular weight is 311 g/mol. The van der Waals surface area contributed by atoms with E-state index >= 15 is 0 Å². The van der Waals surface area contributed by atoms with Gasteiger partial charge in [-0.25, -0.2) is 9.97 Å². The van der Waals surface area contributed by atoms with Gasteiger partial charge in [-0.2, -0.15) is 0 Å². The maximum absolute atomic E-state index is 6.10. The fraction of sp³-hybridized carbons (Fsp3) is 0.111. The predicted octanol–water partition coefficient (Wildman–Crippen LogP) is 4.86. The summed E-state index contributed by atoms with van der Waals surface area (Å²) in [6, 6.07) is 17.4. The molecule has 1 heterocycles. The maximum atomic E-state index is 6.10. The fourth-order valence-corrected chi connectivity index (χ4v) is 2.39. The van der Waals surface area contributed by atoms with Crippen molar-refractivity contribution in [3.63, 3.8) is 0 Å². The number of aromatic nitrogens is 2. The van der Waals surface area contributed by atoms with Crippen molar-refractivity contribution >= 4 is 11.6 Å². The zero-order valence-corrected chi connectivity index (χ0v) is 12.9. The van der Waals surface area contributed by atoms with Gasteiger partial charge in [0.15, 0.2) is 11.6 Å². The topological polar surface area (TPSA) is 35.0 Å². The molecule has 0 aliphatic carbocycles. The molecule has 0 bridgehead atoms. The summed E-state index contributed by atoms with van der Waals surface area (Å²) in [6.07, 6.45) is 1.72. The minimum Gasteiger partial charge on any atom is -0.490 e. The number of rotatable bonds is 4. The molecular formula is C18H15ClN2O. The van der Waals surface area contributed by atoms with Gasteiger partial charge in [-0.05, 0) is 19.1 Å². The van der Waals surface area contributed by atoms with Gasteiger partial charge in [-0.1, -0.05) is 54.1 Å². The first-order chi connectivity index (χ1) is 10.8. The monoisotopic (exact) mass is 310 g/mol. The Morgan fingerprint density at radius 1 is 1.00 bits per heavy atom. The normalized spacial score (nSPS) is 10.5. The molecule has 0 aliphatic rings. The lowest BCUT2D eigenvalue weighted by Crippen LogP contribution is -1.99. The molecule has 0 aliphatic heterocycles. The maximum Gasteiger partial charge on any atom is 0.163 e. The van der Waals surface area contributed by atoms with E-state index in [4.69, 9.17) is 16.3 Å². The van der Waals surface area contributed by atoms with E-state index in [1.165, 1.54) is 0 Å². The van der Waals surface area contributed by atoms with Gasteiger partial charge in [0.05, 0.1) is 12.8 Å². The van der Waals surface area contributed by atoms with Crippen LogP contribution >= 0.6 is 11.6 Å². The van der Waals surface area contributed by atoms with Gasteiger partial charge in [0.1, 0.15) is 5.69 Å². The Labute approximate surface area is 134 Å². The summed E-state index contributed by atoms with van der Waals surface area (Å²) in [5.74, 6) is 1.32. The Balaban J connectivity index is 2.13. The van der Waals surface area contributed by atoms with Crippen LogP contribution in [0.5, 0.6) is 5.75 Å². The molecule has 1 aromatic heterocycles. The molecule has 0 atom stereocenters. The van der Waals surface area contributed by atoms with Gasteiger partial charge < -0.3 is 4.74 Å². The first kappa shape index (κ1) is 14.5. The molecule has 3 aromatic rings. The number of nitrogens with zero attached hydrogens (tertiary/aromatic N) is 2. The van der Waals surface area contributed by atoms with Crippen molar-refractivity contribution in [1.29, 1.82) is 0 Å². The van der Waals surface area contributed by atoms with E-state index in [2.05, 4.69) is 9.97 Å². The summed E-state index contributed by atoms with van der Waals surface area (Å²) in [5, 5.41) is 0.667. The number of hydrogen-bond donors (Lipinski definition) is 0. The van der Waals surface area contributed by atoms with Gasteiger partial charge in [0, 0.05) is 16.1 Å². The van der Waals surface area contributed by atoms with Crippen LogP contribution in [0, 0.1) is 0 Å². The van der Waals surface area contributed by atoms with Crippen LogP contribution in [0.2, 0.25) is 5.02 Å². The van der Waals surface area contributed by atoms with E-state index in [0.717, 1.165) is 16.8 Å². The Morgan fingerprint density at radius 2 is 1.77 bits per heavy atom. The molecule has 22 heavy (non-hydrogen) atoms. The first-order valence-electron chi connectivity index (χ1n) is 7.09. The third-order valence-electron chi connectivity index (χ3n) is 3.19. The molecular weight excluding hydrogens is 296 g/mol. The second-order valence-electron chi connectivity index (χ2n) is 4.72. The summed E-state index contributed by atoms with van der Waals surface area (Å²) in [5.41, 5.74) is 2.63. The number of benzene rings is 2. The first-order valence-corrected chi connectivity index (χ1v) is 7.47. The Hall–Kier alpha value is -2.39. The molecule has 0 N–H and O–H groups in total. The van der Waals surface area contributed by atoms with Crippen LogP contribution in [0.3, 0.4) is 0 Å². The number of ether oxygens (including phenoxy) is 1. The van der Waals surface area contributed by atoms with Crippen LogP contribution in [0.1, 0.15) is 6.92 Å². The van der Waals surface area contributed by atoms with Gasteiger partial charge in [0.25, 0.3) is 0 Å². The molecule has 0 radical (unpaired) electrons. The van der Waals surface area contributed by atoms with Crippen molar-refractivity contribution < 1.29 is 4.74 Å². The second kappa shape index (κ2) is 6.58. The largest absolute Gasteiger partial charge is 0.490 e. The number of halogens is 1. The number of hydrogen-bond acceptors (Lipinski definition) is 3. The van der Waals surface area contributed by atoms with Crippen molar-refractivity contribution in [2.75, 3.05) is 6.61 Å². The average Bonchev–Trinajstić information content (AvgIpc) is 2.56. The summed E-state index contributed by atoms with van der Waals surface area (Å²) in [4.78, 5) is 9.09. The van der Waals surface area contributed by atoms with Crippen LogP contribution < -0.4 is 4.74 Å². The zero-order valence-electron chi connectivity index (χ0n) is 12.2. The summed E-state index contributed by atoms with van der Waals surface area (Å²) in [6.45, 7) is 2.49. The highest BCUT2D eigenvalue weighted by atomic mass is 35.5. The van der Waals surface area contributed by atoms with Crippen molar-refractivity contribution in [3.05, 3.63) is 65.8 Å². The van der Waals surface area contributed by atoms with Crippen molar-refractivity contribution in [3.8, 4) is 28.4 Å². The second-order valence-corrected chi connectivity index (χ2v) is 5.15. The third kappa shape index (κ3) is 3.10. The minimum absolute atomic E-state index is 0.557. The Bertz CT molecular complexity index is 775. The van der Waals surface area contributed by atoms with E-state index < -0.39 is 0 Å². The summed E-state index contributed by atoms with van der Waals surface area (Å²) in [7, 11) is 0. The molecule has 110 valence electrons. The lowest BCUT2D eigenvalue weighted by Gasteiger charge is -2.11. The molecule has 4 heteroatoms. The van der Waals surface area contributed by atoms with Crippen LogP contribution in [0.25, 0.3) is 22.6 Å². The molecule has 3 nitrogen and oxygen atoms in total. The molecule has 0 fully saturated rings. The highest BCUT2D eigenvalue weighted by molar-refractivity contribution is 6.30. The smallest absolute Gasteiger partial charge is 0.163 e. The standard InChI is InChI=1S/C18H15ClN2O/c1-2-22-16-12-20-18(13-7-4-3-5-8-13)21-17(16)14-9-6-10-15(19)11-14/h3-12H,2H2,1H3. The van der Waals surface area contributed by atoms with E-state index in [0.29, 0.717) is 23.2 Å². The van der Waals surface area contributed by atoms with Crippen LogP contribution in [-0.2, 0) is 0 Å². The van der Waals surface area contributed by atoms with Crippen LogP contribution in [0.15, 0.2) is 60.8 Å². The van der Waals surface area contributed by atoms with E-state index in [1.807, 2.05) is 61.5 Å². The van der Waals surface area contributed by atoms with Gasteiger partial charge in [-0.15, -0.1) is 0 Å². The van der Waals surface area contributed by atoms with Crippen LogP contribution in [-0.4, -0.2) is 16.6 Å². The quantitative estimate of drug-likeness (QED) is 0.690. The fourth-order valence-electron chi connectivity index (χ4n) is 2.20. The minimum atomic E-state index is 0.557. The van der Waals surface area contributed by atoms with E-state index in [1.54, 1.807) is 6.20 Å². The van der Waals surface area contributed by atoms with Gasteiger partial charge in [-0.3, -0.25) is 0 Å². The van der Waals surface area contributed by atoms with Crippen molar-refractivity contribution in [2.24, 2.45) is 0 Å². The van der Waals surface area contributed by atoms with E-state index in [9.17, 15) is 0 Å². The SMILES string of the molecule is CCOc1cnc(-c2ccccc2)nc1-c1cccc(Cl)c1. The molecule has 3 rings (SSSR count). The van der Waals surface area contributed by atoms with Crippen molar-refractivity contribution in [2.45, 2.75) is 6.92 Å². The Morgan fingerprint density at radius 3 is 2.50 bits per heavy atom. The lowest BCUT2D eigenvalue weighted by molar-refractivity contribution is 0.339. The molecule has 0 spiro atoms. The highest BCUT2D eigenvalue weighted by Crippen LogP contribution is 2.31. The van der Waals surface area contributed by atoms with Gasteiger partial charge >= 0.3 is 0 Å². The highest BCUT2D eigenvalue weighted by Gasteiger charge is 2.12. The summed E-state index contributed by atoms with van der Waals surface area (Å²) >= 11 is 6.10. The molecule has 0 saturated carbocycles. The van der Waals surface area contributed by atoms with Gasteiger partial charge in [0.2, 0.25) is 0 Å². The molecule has 0 unspecified atom stereocenters. The molecule has 0 saturated heterocycles. The summed E-state index contributed by atoms with van der Waals surface area (Å²) < 4.78 is 5.65. The molecule has 2 aromatic carbocycles. The Kier molecular flexibility index (Phi) is 4.35. The zero-order chi connectivity index (χ0) is 15.4.